The van der Waals surface area contributed by atoms with Crippen molar-refractivity contribution in [3.8, 4) is 0 Å². The predicted molar refractivity (Wildman–Crippen MR) is 80.3 cm³/mol. The minimum Gasteiger partial charge on any atom is -0.478 e. The van der Waals surface area contributed by atoms with Gasteiger partial charge in [-0.25, -0.2) is 9.78 Å². The second-order valence-electron chi connectivity index (χ2n) is 3.95. The van der Waals surface area contributed by atoms with E-state index in [9.17, 15) is 4.79 Å². The summed E-state index contributed by atoms with van der Waals surface area (Å²) in [6.07, 6.45) is 1.31. The summed E-state index contributed by atoms with van der Waals surface area (Å²) in [6.45, 7) is 0.654. The number of rotatable bonds is 4. The molecule has 2 aromatic heterocycles. The van der Waals surface area contributed by atoms with Crippen LogP contribution in [0.3, 0.4) is 0 Å². The van der Waals surface area contributed by atoms with Crippen LogP contribution in [0, 0.1) is 0 Å². The first-order chi connectivity index (χ1) is 8.97. The Labute approximate surface area is 127 Å². The minimum absolute atomic E-state index is 0.0837. The van der Waals surface area contributed by atoms with Crippen LogP contribution in [-0.2, 0) is 6.54 Å². The smallest absolute Gasteiger partial charge is 0.337 e. The van der Waals surface area contributed by atoms with Gasteiger partial charge in [0.25, 0.3) is 0 Å². The number of aromatic nitrogens is 1. The lowest BCUT2D eigenvalue weighted by Crippen LogP contribution is -2.18. The number of anilines is 1. The number of nitrogens with zero attached hydrogens (tertiary/aromatic N) is 2. The van der Waals surface area contributed by atoms with Gasteiger partial charge in [0, 0.05) is 19.8 Å². The zero-order chi connectivity index (χ0) is 14.0. The highest BCUT2D eigenvalue weighted by molar-refractivity contribution is 9.11. The maximum atomic E-state index is 10.8. The number of carboxylic acid groups (broad SMARTS) is 1. The molecule has 0 saturated heterocycles. The third-order valence-corrected chi connectivity index (χ3v) is 4.30. The maximum Gasteiger partial charge on any atom is 0.337 e. The molecule has 2 aromatic rings. The standard InChI is InChI=1S/C12H10BrClN2O2S/c1-16(5-7-2-10(13)19-6-7)11-9(14)3-8(4-15-11)12(17)18/h2-4,6H,5H2,1H3,(H,17,18). The van der Waals surface area contributed by atoms with Crippen molar-refractivity contribution in [2.24, 2.45) is 0 Å². The van der Waals surface area contributed by atoms with E-state index in [2.05, 4.69) is 20.9 Å². The number of hydrogen-bond donors (Lipinski definition) is 1. The molecule has 7 heteroatoms. The summed E-state index contributed by atoms with van der Waals surface area (Å²) in [5.74, 6) is -0.473. The Morgan fingerprint density at radius 2 is 2.32 bits per heavy atom. The molecule has 19 heavy (non-hydrogen) atoms. The van der Waals surface area contributed by atoms with E-state index < -0.39 is 5.97 Å². The number of pyridine rings is 1. The predicted octanol–water partition coefficient (Wildman–Crippen LogP) is 3.89. The molecule has 100 valence electrons. The van der Waals surface area contributed by atoms with Gasteiger partial charge in [-0.1, -0.05) is 11.6 Å². The summed E-state index contributed by atoms with van der Waals surface area (Å²) in [5.41, 5.74) is 1.22. The molecule has 0 aliphatic carbocycles. The fourth-order valence-electron chi connectivity index (χ4n) is 1.61. The molecule has 4 nitrogen and oxygen atoms in total. The Balaban J connectivity index is 2.19. The molecule has 2 rings (SSSR count). The highest BCUT2D eigenvalue weighted by atomic mass is 79.9. The lowest BCUT2D eigenvalue weighted by molar-refractivity contribution is 0.0696. The van der Waals surface area contributed by atoms with Gasteiger partial charge in [0.2, 0.25) is 0 Å². The van der Waals surface area contributed by atoms with Crippen molar-refractivity contribution in [3.05, 3.63) is 43.6 Å². The van der Waals surface area contributed by atoms with Crippen molar-refractivity contribution < 1.29 is 9.90 Å². The van der Waals surface area contributed by atoms with Crippen LogP contribution in [0.2, 0.25) is 5.02 Å². The SMILES string of the molecule is CN(Cc1csc(Br)c1)c1ncc(C(=O)O)cc1Cl. The number of halogens is 2. The highest BCUT2D eigenvalue weighted by Crippen LogP contribution is 2.26. The second kappa shape index (κ2) is 5.90. The van der Waals surface area contributed by atoms with E-state index in [4.69, 9.17) is 16.7 Å². The van der Waals surface area contributed by atoms with Gasteiger partial charge in [0.05, 0.1) is 14.4 Å². The van der Waals surface area contributed by atoms with Crippen LogP contribution in [-0.4, -0.2) is 23.1 Å². The van der Waals surface area contributed by atoms with Crippen LogP contribution >= 0.6 is 38.9 Å². The highest BCUT2D eigenvalue weighted by Gasteiger charge is 2.12. The van der Waals surface area contributed by atoms with Crippen molar-refractivity contribution in [2.75, 3.05) is 11.9 Å². The largest absolute Gasteiger partial charge is 0.478 e. The molecule has 0 bridgehead atoms. The Morgan fingerprint density at radius 3 is 2.84 bits per heavy atom. The van der Waals surface area contributed by atoms with Crippen molar-refractivity contribution in [1.29, 1.82) is 0 Å². The monoisotopic (exact) mass is 360 g/mol. The summed E-state index contributed by atoms with van der Waals surface area (Å²) >= 11 is 11.1. The second-order valence-corrected chi connectivity index (χ2v) is 6.65. The molecule has 0 fully saturated rings. The van der Waals surface area contributed by atoms with Crippen LogP contribution in [0.4, 0.5) is 5.82 Å². The van der Waals surface area contributed by atoms with Gasteiger partial charge < -0.3 is 10.0 Å². The summed E-state index contributed by atoms with van der Waals surface area (Å²) < 4.78 is 1.07. The first-order valence-electron chi connectivity index (χ1n) is 5.30. The lowest BCUT2D eigenvalue weighted by atomic mass is 10.2. The molecule has 0 amide bonds. The summed E-state index contributed by atoms with van der Waals surface area (Å²) in [4.78, 5) is 16.8. The van der Waals surface area contributed by atoms with E-state index in [0.717, 1.165) is 9.35 Å². The topological polar surface area (TPSA) is 53.4 Å². The number of hydrogen-bond acceptors (Lipinski definition) is 4. The van der Waals surface area contributed by atoms with E-state index in [1.54, 1.807) is 11.3 Å². The molecule has 0 aromatic carbocycles. The molecule has 0 aliphatic rings. The van der Waals surface area contributed by atoms with E-state index in [-0.39, 0.29) is 5.56 Å². The van der Waals surface area contributed by atoms with Gasteiger partial charge in [-0.2, -0.15) is 0 Å². The molecule has 2 heterocycles. The molecular weight excluding hydrogens is 352 g/mol. The average Bonchev–Trinajstić information content (AvgIpc) is 2.74. The number of carbonyl (C=O) groups is 1. The van der Waals surface area contributed by atoms with Gasteiger partial charge >= 0.3 is 5.97 Å². The Morgan fingerprint density at radius 1 is 1.58 bits per heavy atom. The normalized spacial score (nSPS) is 10.5. The van der Waals surface area contributed by atoms with Crippen LogP contribution in [0.25, 0.3) is 0 Å². The van der Waals surface area contributed by atoms with Crippen LogP contribution < -0.4 is 4.90 Å². The average molecular weight is 362 g/mol. The van der Waals surface area contributed by atoms with E-state index in [1.165, 1.54) is 12.3 Å². The zero-order valence-electron chi connectivity index (χ0n) is 9.93. The molecule has 0 aliphatic heterocycles. The molecule has 0 atom stereocenters. The first kappa shape index (κ1) is 14.3. The molecular formula is C12H10BrClN2O2S. The summed E-state index contributed by atoms with van der Waals surface area (Å²) in [6, 6.07) is 3.44. The molecule has 0 unspecified atom stereocenters. The number of thiophene rings is 1. The van der Waals surface area contributed by atoms with Crippen LogP contribution in [0.5, 0.6) is 0 Å². The van der Waals surface area contributed by atoms with Gasteiger partial charge in [-0.3, -0.25) is 0 Å². The molecule has 1 N–H and O–H groups in total. The zero-order valence-corrected chi connectivity index (χ0v) is 13.1. The van der Waals surface area contributed by atoms with Gasteiger partial charge in [-0.15, -0.1) is 11.3 Å². The minimum atomic E-state index is -1.04. The number of aromatic carboxylic acids is 1. The van der Waals surface area contributed by atoms with Crippen LogP contribution in [0.15, 0.2) is 27.5 Å². The molecule has 0 radical (unpaired) electrons. The van der Waals surface area contributed by atoms with Crippen molar-refractivity contribution in [2.45, 2.75) is 6.54 Å². The van der Waals surface area contributed by atoms with Crippen molar-refractivity contribution in [1.82, 2.24) is 4.98 Å². The Hall–Kier alpha value is -1.11. The maximum absolute atomic E-state index is 10.8. The van der Waals surface area contributed by atoms with Gasteiger partial charge in [0.15, 0.2) is 0 Å². The molecule has 0 saturated carbocycles. The van der Waals surface area contributed by atoms with Crippen LogP contribution in [0.1, 0.15) is 15.9 Å². The third-order valence-electron chi connectivity index (χ3n) is 2.47. The van der Waals surface area contributed by atoms with Gasteiger partial charge in [0.1, 0.15) is 5.82 Å². The Bertz CT molecular complexity index is 618. The van der Waals surface area contributed by atoms with E-state index in [1.807, 2.05) is 23.4 Å². The Kier molecular flexibility index (Phi) is 4.44. The fourth-order valence-corrected chi connectivity index (χ4v) is 3.12. The lowest BCUT2D eigenvalue weighted by Gasteiger charge is -2.18. The van der Waals surface area contributed by atoms with Crippen molar-refractivity contribution >= 4 is 50.7 Å². The first-order valence-corrected chi connectivity index (χ1v) is 7.35. The third kappa shape index (κ3) is 3.46. The van der Waals surface area contributed by atoms with E-state index in [0.29, 0.717) is 17.4 Å². The molecule has 0 spiro atoms. The van der Waals surface area contributed by atoms with Gasteiger partial charge in [-0.05, 0) is 39.0 Å². The quantitative estimate of drug-likeness (QED) is 0.897. The summed E-state index contributed by atoms with van der Waals surface area (Å²) in [7, 11) is 1.86. The van der Waals surface area contributed by atoms with E-state index >= 15 is 0 Å². The number of carboxylic acids is 1. The fraction of sp³-hybridized carbons (Fsp3) is 0.167. The van der Waals surface area contributed by atoms with Crippen molar-refractivity contribution in [3.63, 3.8) is 0 Å². The summed E-state index contributed by atoms with van der Waals surface area (Å²) in [5, 5.41) is 11.2.